The van der Waals surface area contributed by atoms with Gasteiger partial charge in [-0.05, 0) is 43.6 Å². The van der Waals surface area contributed by atoms with Crippen LogP contribution in [0.5, 0.6) is 5.75 Å². The Kier molecular flexibility index (Phi) is 11.8. The fourth-order valence-electron chi connectivity index (χ4n) is 2.76. The summed E-state index contributed by atoms with van der Waals surface area (Å²) < 4.78 is 0. The van der Waals surface area contributed by atoms with Crippen LogP contribution in [-0.4, -0.2) is 18.2 Å². The minimum Gasteiger partial charge on any atom is -0.508 e. The standard InChI is InChI=1S/C20H35NO/c1-2-3-4-5-6-7-8-9-10-11-17-21-18-16-19-12-14-20(22)15-13-19/h12-15,21-22H,2-11,16-18H2,1H3. The third kappa shape index (κ3) is 10.7. The zero-order valence-electron chi connectivity index (χ0n) is 14.4. The summed E-state index contributed by atoms with van der Waals surface area (Å²) in [6.45, 7) is 4.44. The Bertz CT molecular complexity index is 347. The van der Waals surface area contributed by atoms with E-state index >= 15 is 0 Å². The number of hydrogen-bond donors (Lipinski definition) is 2. The molecule has 0 saturated heterocycles. The first-order chi connectivity index (χ1) is 10.8. The van der Waals surface area contributed by atoms with Crippen molar-refractivity contribution in [2.24, 2.45) is 0 Å². The van der Waals surface area contributed by atoms with E-state index in [-0.39, 0.29) is 0 Å². The van der Waals surface area contributed by atoms with Crippen molar-refractivity contribution >= 4 is 0 Å². The zero-order valence-corrected chi connectivity index (χ0v) is 14.4. The maximum Gasteiger partial charge on any atom is 0.115 e. The summed E-state index contributed by atoms with van der Waals surface area (Å²) in [7, 11) is 0. The Hall–Kier alpha value is -1.02. The van der Waals surface area contributed by atoms with Gasteiger partial charge in [-0.2, -0.15) is 0 Å². The molecule has 1 aromatic rings. The summed E-state index contributed by atoms with van der Waals surface area (Å²) in [5.74, 6) is 0.349. The molecule has 0 atom stereocenters. The van der Waals surface area contributed by atoms with E-state index in [4.69, 9.17) is 0 Å². The first-order valence-corrected chi connectivity index (χ1v) is 9.31. The molecule has 1 aromatic carbocycles. The maximum atomic E-state index is 9.23. The molecule has 0 heterocycles. The Morgan fingerprint density at radius 3 is 1.86 bits per heavy atom. The van der Waals surface area contributed by atoms with Crippen molar-refractivity contribution in [2.45, 2.75) is 77.6 Å². The van der Waals surface area contributed by atoms with Gasteiger partial charge in [0, 0.05) is 0 Å². The summed E-state index contributed by atoms with van der Waals surface area (Å²) in [6, 6.07) is 7.52. The zero-order chi connectivity index (χ0) is 15.9. The molecule has 0 bridgehead atoms. The van der Waals surface area contributed by atoms with Crippen LogP contribution in [-0.2, 0) is 6.42 Å². The van der Waals surface area contributed by atoms with Gasteiger partial charge in [0.15, 0.2) is 0 Å². The number of phenolic OH excluding ortho intramolecular Hbond substituents is 1. The van der Waals surface area contributed by atoms with Gasteiger partial charge in [-0.3, -0.25) is 0 Å². The summed E-state index contributed by atoms with van der Waals surface area (Å²) >= 11 is 0. The molecule has 0 unspecified atom stereocenters. The Labute approximate surface area is 137 Å². The largest absolute Gasteiger partial charge is 0.508 e. The number of nitrogens with one attached hydrogen (secondary N) is 1. The van der Waals surface area contributed by atoms with Gasteiger partial charge in [0.2, 0.25) is 0 Å². The molecule has 0 aliphatic heterocycles. The van der Waals surface area contributed by atoms with E-state index in [2.05, 4.69) is 12.2 Å². The van der Waals surface area contributed by atoms with Gasteiger partial charge in [-0.25, -0.2) is 0 Å². The molecule has 0 saturated carbocycles. The highest BCUT2D eigenvalue weighted by Gasteiger charge is 1.95. The molecule has 0 spiro atoms. The molecule has 0 radical (unpaired) electrons. The smallest absolute Gasteiger partial charge is 0.115 e. The van der Waals surface area contributed by atoms with Crippen molar-refractivity contribution in [3.05, 3.63) is 29.8 Å². The fraction of sp³-hybridized carbons (Fsp3) is 0.700. The second kappa shape index (κ2) is 13.6. The molecule has 22 heavy (non-hydrogen) atoms. The van der Waals surface area contributed by atoms with Crippen molar-refractivity contribution in [3.63, 3.8) is 0 Å². The fourth-order valence-corrected chi connectivity index (χ4v) is 2.76. The third-order valence-electron chi connectivity index (χ3n) is 4.23. The van der Waals surface area contributed by atoms with Crippen LogP contribution in [0.15, 0.2) is 24.3 Å². The number of hydrogen-bond acceptors (Lipinski definition) is 2. The molecule has 0 amide bonds. The monoisotopic (exact) mass is 305 g/mol. The normalized spacial score (nSPS) is 11.0. The van der Waals surface area contributed by atoms with E-state index in [1.807, 2.05) is 12.1 Å². The van der Waals surface area contributed by atoms with Gasteiger partial charge >= 0.3 is 0 Å². The Morgan fingerprint density at radius 1 is 0.727 bits per heavy atom. The molecular weight excluding hydrogens is 270 g/mol. The minimum absolute atomic E-state index is 0.349. The minimum atomic E-state index is 0.349. The van der Waals surface area contributed by atoms with Crippen LogP contribution >= 0.6 is 0 Å². The summed E-state index contributed by atoms with van der Waals surface area (Å²) in [5, 5.41) is 12.7. The average Bonchev–Trinajstić information content (AvgIpc) is 2.53. The molecule has 1 rings (SSSR count). The van der Waals surface area contributed by atoms with Crippen LogP contribution in [0.25, 0.3) is 0 Å². The molecule has 0 aliphatic rings. The van der Waals surface area contributed by atoms with E-state index in [0.29, 0.717) is 5.75 Å². The SMILES string of the molecule is CCCCCCCCCCCCNCCc1ccc(O)cc1. The molecule has 0 aromatic heterocycles. The number of phenols is 1. The number of unbranched alkanes of at least 4 members (excludes halogenated alkanes) is 9. The van der Waals surface area contributed by atoms with Crippen LogP contribution < -0.4 is 5.32 Å². The van der Waals surface area contributed by atoms with Gasteiger partial charge in [0.05, 0.1) is 0 Å². The van der Waals surface area contributed by atoms with Crippen molar-refractivity contribution < 1.29 is 5.11 Å². The van der Waals surface area contributed by atoms with Gasteiger partial charge in [0.25, 0.3) is 0 Å². The van der Waals surface area contributed by atoms with Crippen molar-refractivity contribution in [2.75, 3.05) is 13.1 Å². The quantitative estimate of drug-likeness (QED) is 0.448. The first-order valence-electron chi connectivity index (χ1n) is 9.31. The van der Waals surface area contributed by atoms with Crippen LogP contribution in [0.3, 0.4) is 0 Å². The van der Waals surface area contributed by atoms with Gasteiger partial charge < -0.3 is 10.4 Å². The van der Waals surface area contributed by atoms with Crippen LogP contribution in [0, 0.1) is 0 Å². The average molecular weight is 306 g/mol. The predicted molar refractivity (Wildman–Crippen MR) is 96.5 cm³/mol. The van der Waals surface area contributed by atoms with Crippen LogP contribution in [0.1, 0.15) is 76.7 Å². The van der Waals surface area contributed by atoms with E-state index in [1.165, 1.54) is 69.8 Å². The Morgan fingerprint density at radius 2 is 1.27 bits per heavy atom. The molecule has 2 heteroatoms. The van der Waals surface area contributed by atoms with E-state index in [9.17, 15) is 5.11 Å². The highest BCUT2D eigenvalue weighted by Crippen LogP contribution is 2.11. The predicted octanol–water partition coefficient (Wildman–Crippen LogP) is 5.45. The van der Waals surface area contributed by atoms with Crippen molar-refractivity contribution in [3.8, 4) is 5.75 Å². The lowest BCUT2D eigenvalue weighted by Crippen LogP contribution is -2.18. The lowest BCUT2D eigenvalue weighted by Gasteiger charge is -2.05. The van der Waals surface area contributed by atoms with E-state index < -0.39 is 0 Å². The van der Waals surface area contributed by atoms with Crippen LogP contribution in [0.4, 0.5) is 0 Å². The van der Waals surface area contributed by atoms with Crippen molar-refractivity contribution in [1.29, 1.82) is 0 Å². The van der Waals surface area contributed by atoms with Crippen molar-refractivity contribution in [1.82, 2.24) is 5.32 Å². The van der Waals surface area contributed by atoms with E-state index in [1.54, 1.807) is 12.1 Å². The summed E-state index contributed by atoms with van der Waals surface area (Å²) in [6.07, 6.45) is 15.0. The van der Waals surface area contributed by atoms with Gasteiger partial charge in [-0.1, -0.05) is 76.8 Å². The maximum absolute atomic E-state index is 9.23. The highest BCUT2D eigenvalue weighted by atomic mass is 16.3. The molecule has 2 nitrogen and oxygen atoms in total. The third-order valence-corrected chi connectivity index (χ3v) is 4.23. The molecular formula is C20H35NO. The topological polar surface area (TPSA) is 32.3 Å². The lowest BCUT2D eigenvalue weighted by atomic mass is 10.1. The summed E-state index contributed by atoms with van der Waals surface area (Å²) in [5.41, 5.74) is 1.29. The van der Waals surface area contributed by atoms with Gasteiger partial charge in [-0.15, -0.1) is 0 Å². The molecule has 126 valence electrons. The second-order valence-electron chi connectivity index (χ2n) is 6.35. The lowest BCUT2D eigenvalue weighted by molar-refractivity contribution is 0.475. The number of rotatable bonds is 14. The number of benzene rings is 1. The second-order valence-corrected chi connectivity index (χ2v) is 6.35. The molecule has 0 aliphatic carbocycles. The molecule has 2 N–H and O–H groups in total. The molecule has 0 fully saturated rings. The summed E-state index contributed by atoms with van der Waals surface area (Å²) in [4.78, 5) is 0. The Balaban J connectivity index is 1.79. The van der Waals surface area contributed by atoms with Crippen LogP contribution in [0.2, 0.25) is 0 Å². The number of aromatic hydroxyl groups is 1. The van der Waals surface area contributed by atoms with Gasteiger partial charge in [0.1, 0.15) is 5.75 Å². The highest BCUT2D eigenvalue weighted by molar-refractivity contribution is 5.25. The van der Waals surface area contributed by atoms with E-state index in [0.717, 1.165) is 19.5 Å². The first kappa shape index (κ1) is 19.0.